The fourth-order valence-electron chi connectivity index (χ4n) is 1.75. The molecule has 0 amide bonds. The highest BCUT2D eigenvalue weighted by atomic mass is 79.9. The highest BCUT2D eigenvalue weighted by molar-refractivity contribution is 9.10. The number of nitrogens with zero attached hydrogens (tertiary/aromatic N) is 1. The zero-order valence-corrected chi connectivity index (χ0v) is 15.1. The Morgan fingerprint density at radius 2 is 2.05 bits per heavy atom. The number of sulfonamides is 1. The summed E-state index contributed by atoms with van der Waals surface area (Å²) in [5.41, 5.74) is 0.942. The van der Waals surface area contributed by atoms with Crippen molar-refractivity contribution in [1.82, 2.24) is 9.62 Å². The number of hydrogen-bond donors (Lipinski definition) is 1. The van der Waals surface area contributed by atoms with Gasteiger partial charge in [-0.15, -0.1) is 0 Å². The second kappa shape index (κ2) is 8.85. The fourth-order valence-corrected chi connectivity index (χ4v) is 3.88. The third kappa shape index (κ3) is 5.34. The standard InChI is InChI=1S/C14H23BrN2O3S/c1-4-16-11-12-6-7-13(15)14(10-12)21(18,19)17(3)8-9-20-5-2/h6-7,10,16H,4-5,8-9,11H2,1-3H3. The van der Waals surface area contributed by atoms with Gasteiger partial charge in [0.15, 0.2) is 0 Å². The highest BCUT2D eigenvalue weighted by Crippen LogP contribution is 2.25. The lowest BCUT2D eigenvalue weighted by molar-refractivity contribution is 0.138. The number of ether oxygens (including phenoxy) is 1. The van der Waals surface area contributed by atoms with E-state index in [-0.39, 0.29) is 4.90 Å². The van der Waals surface area contributed by atoms with Gasteiger partial charge in [-0.3, -0.25) is 0 Å². The largest absolute Gasteiger partial charge is 0.380 e. The van der Waals surface area contributed by atoms with Gasteiger partial charge in [0.25, 0.3) is 0 Å². The van der Waals surface area contributed by atoms with Crippen LogP contribution in [0.5, 0.6) is 0 Å². The molecule has 1 aromatic carbocycles. The van der Waals surface area contributed by atoms with Crippen LogP contribution in [0.15, 0.2) is 27.6 Å². The summed E-state index contributed by atoms with van der Waals surface area (Å²) in [7, 11) is -1.95. The molecule has 0 saturated heterocycles. The molecule has 0 aliphatic heterocycles. The van der Waals surface area contributed by atoms with E-state index >= 15 is 0 Å². The van der Waals surface area contributed by atoms with E-state index in [0.29, 0.717) is 30.8 Å². The zero-order valence-electron chi connectivity index (χ0n) is 12.7. The molecule has 1 rings (SSSR count). The molecule has 120 valence electrons. The van der Waals surface area contributed by atoms with Crippen LogP contribution in [0, 0.1) is 0 Å². The number of nitrogens with one attached hydrogen (secondary N) is 1. The Balaban J connectivity index is 2.95. The molecule has 0 aliphatic rings. The van der Waals surface area contributed by atoms with Crippen molar-refractivity contribution >= 4 is 26.0 Å². The van der Waals surface area contributed by atoms with Gasteiger partial charge < -0.3 is 10.1 Å². The van der Waals surface area contributed by atoms with E-state index in [1.165, 1.54) is 4.31 Å². The number of benzene rings is 1. The maximum atomic E-state index is 12.6. The normalized spacial score (nSPS) is 12.0. The number of likely N-dealkylation sites (N-methyl/N-ethyl adjacent to an activating group) is 1. The Hall–Kier alpha value is -0.470. The van der Waals surface area contributed by atoms with Gasteiger partial charge in [0.05, 0.1) is 11.5 Å². The first kappa shape index (κ1) is 18.6. The molecule has 0 unspecified atom stereocenters. The van der Waals surface area contributed by atoms with Crippen LogP contribution < -0.4 is 5.32 Å². The van der Waals surface area contributed by atoms with Crippen molar-refractivity contribution in [2.24, 2.45) is 0 Å². The summed E-state index contributed by atoms with van der Waals surface area (Å²) in [5.74, 6) is 0. The Labute approximate surface area is 135 Å². The van der Waals surface area contributed by atoms with E-state index in [4.69, 9.17) is 4.74 Å². The molecule has 0 bridgehead atoms. The number of rotatable bonds is 9. The quantitative estimate of drug-likeness (QED) is 0.669. The van der Waals surface area contributed by atoms with Gasteiger partial charge in [0.1, 0.15) is 0 Å². The summed E-state index contributed by atoms with van der Waals surface area (Å²) >= 11 is 3.33. The lowest BCUT2D eigenvalue weighted by Gasteiger charge is -2.18. The minimum absolute atomic E-state index is 0.289. The average Bonchev–Trinajstić information content (AvgIpc) is 2.46. The van der Waals surface area contributed by atoms with Crippen LogP contribution in [-0.4, -0.2) is 46.1 Å². The van der Waals surface area contributed by atoms with Crippen molar-refractivity contribution in [2.45, 2.75) is 25.3 Å². The lowest BCUT2D eigenvalue weighted by atomic mass is 10.2. The maximum Gasteiger partial charge on any atom is 0.244 e. The summed E-state index contributed by atoms with van der Waals surface area (Å²) in [4.78, 5) is 0.289. The van der Waals surface area contributed by atoms with E-state index in [1.807, 2.05) is 19.9 Å². The van der Waals surface area contributed by atoms with Crippen LogP contribution in [-0.2, 0) is 21.3 Å². The van der Waals surface area contributed by atoms with E-state index in [9.17, 15) is 8.42 Å². The Morgan fingerprint density at radius 3 is 2.67 bits per heavy atom. The molecule has 1 aromatic rings. The van der Waals surface area contributed by atoms with E-state index < -0.39 is 10.0 Å². The van der Waals surface area contributed by atoms with Crippen molar-refractivity contribution < 1.29 is 13.2 Å². The molecular formula is C14H23BrN2O3S. The Kier molecular flexibility index (Phi) is 7.83. The molecule has 0 aliphatic carbocycles. The molecule has 0 saturated carbocycles. The van der Waals surface area contributed by atoms with Crippen LogP contribution in [0.25, 0.3) is 0 Å². The molecule has 7 heteroatoms. The molecular weight excluding hydrogens is 356 g/mol. The Bertz CT molecular complexity index is 549. The third-order valence-corrected chi connectivity index (χ3v) is 5.87. The first-order chi connectivity index (χ1) is 9.93. The first-order valence-corrected chi connectivity index (χ1v) is 9.20. The monoisotopic (exact) mass is 378 g/mol. The maximum absolute atomic E-state index is 12.6. The van der Waals surface area contributed by atoms with Crippen LogP contribution in [0.1, 0.15) is 19.4 Å². The summed E-state index contributed by atoms with van der Waals surface area (Å²) in [6.07, 6.45) is 0. The smallest absolute Gasteiger partial charge is 0.244 e. The zero-order chi connectivity index (χ0) is 15.9. The molecule has 0 fully saturated rings. The lowest BCUT2D eigenvalue weighted by Crippen LogP contribution is -2.30. The molecule has 0 aromatic heterocycles. The van der Waals surface area contributed by atoms with Gasteiger partial charge in [0, 0.05) is 31.2 Å². The van der Waals surface area contributed by atoms with Crippen molar-refractivity contribution in [3.8, 4) is 0 Å². The van der Waals surface area contributed by atoms with Crippen LogP contribution in [0.4, 0.5) is 0 Å². The summed E-state index contributed by atoms with van der Waals surface area (Å²) in [6.45, 7) is 6.69. The number of halogens is 1. The second-order valence-electron chi connectivity index (χ2n) is 4.57. The minimum atomic E-state index is -3.52. The fraction of sp³-hybridized carbons (Fsp3) is 0.571. The second-order valence-corrected chi connectivity index (χ2v) is 7.44. The predicted molar refractivity (Wildman–Crippen MR) is 87.8 cm³/mol. The van der Waals surface area contributed by atoms with Gasteiger partial charge in [-0.05, 0) is 47.1 Å². The topological polar surface area (TPSA) is 58.6 Å². The van der Waals surface area contributed by atoms with Crippen LogP contribution in [0.2, 0.25) is 0 Å². The average molecular weight is 379 g/mol. The molecule has 5 nitrogen and oxygen atoms in total. The summed E-state index contributed by atoms with van der Waals surface area (Å²) < 4.78 is 32.3. The SMILES string of the molecule is CCNCc1ccc(Br)c(S(=O)(=O)N(C)CCOCC)c1. The van der Waals surface area contributed by atoms with Gasteiger partial charge >= 0.3 is 0 Å². The van der Waals surface area contributed by atoms with Crippen LogP contribution in [0.3, 0.4) is 0 Å². The minimum Gasteiger partial charge on any atom is -0.380 e. The summed E-state index contributed by atoms with van der Waals surface area (Å²) in [5, 5.41) is 3.19. The van der Waals surface area contributed by atoms with E-state index in [1.54, 1.807) is 19.2 Å². The van der Waals surface area contributed by atoms with Crippen LogP contribution >= 0.6 is 15.9 Å². The van der Waals surface area contributed by atoms with Crippen molar-refractivity contribution in [3.63, 3.8) is 0 Å². The molecule has 1 N–H and O–H groups in total. The Morgan fingerprint density at radius 1 is 1.33 bits per heavy atom. The summed E-state index contributed by atoms with van der Waals surface area (Å²) in [6, 6.07) is 5.39. The molecule has 21 heavy (non-hydrogen) atoms. The third-order valence-electron chi connectivity index (χ3n) is 3.02. The molecule has 0 atom stereocenters. The highest BCUT2D eigenvalue weighted by Gasteiger charge is 2.23. The first-order valence-electron chi connectivity index (χ1n) is 6.96. The van der Waals surface area contributed by atoms with Gasteiger partial charge in [-0.1, -0.05) is 13.0 Å². The molecule has 0 radical (unpaired) electrons. The van der Waals surface area contributed by atoms with Gasteiger partial charge in [-0.25, -0.2) is 8.42 Å². The van der Waals surface area contributed by atoms with Gasteiger partial charge in [0.2, 0.25) is 10.0 Å². The van der Waals surface area contributed by atoms with Gasteiger partial charge in [-0.2, -0.15) is 4.31 Å². The molecule has 0 heterocycles. The van der Waals surface area contributed by atoms with E-state index in [0.717, 1.165) is 12.1 Å². The predicted octanol–water partition coefficient (Wildman–Crippen LogP) is 2.22. The van der Waals surface area contributed by atoms with Crippen molar-refractivity contribution in [2.75, 3.05) is 33.4 Å². The molecule has 0 spiro atoms. The van der Waals surface area contributed by atoms with Crippen molar-refractivity contribution in [1.29, 1.82) is 0 Å². The number of hydrogen-bond acceptors (Lipinski definition) is 4. The van der Waals surface area contributed by atoms with E-state index in [2.05, 4.69) is 21.2 Å². The van der Waals surface area contributed by atoms with Crippen molar-refractivity contribution in [3.05, 3.63) is 28.2 Å².